The van der Waals surface area contributed by atoms with E-state index in [1.807, 2.05) is 18.2 Å². The number of aromatic amines is 1. The molecule has 0 unspecified atom stereocenters. The number of hydrogen-bond donors (Lipinski definition) is 2. The van der Waals surface area contributed by atoms with E-state index in [1.165, 1.54) is 6.07 Å². The van der Waals surface area contributed by atoms with Crippen molar-refractivity contribution in [3.8, 4) is 11.1 Å². The number of primary amides is 1. The molecule has 0 atom stereocenters. The van der Waals surface area contributed by atoms with Crippen LogP contribution in [-0.4, -0.2) is 37.2 Å². The largest absolute Gasteiger partial charge is 0.416 e. The van der Waals surface area contributed by atoms with Crippen molar-refractivity contribution in [3.05, 3.63) is 65.7 Å². The Balaban J connectivity index is 1.68. The number of H-pyrrole nitrogens is 1. The fraction of sp³-hybridized carbons (Fsp3) is 0.208. The van der Waals surface area contributed by atoms with Gasteiger partial charge in [0.15, 0.2) is 0 Å². The summed E-state index contributed by atoms with van der Waals surface area (Å²) in [6.07, 6.45) is -4.46. The van der Waals surface area contributed by atoms with E-state index in [0.717, 1.165) is 47.2 Å². The first-order chi connectivity index (χ1) is 15.3. The minimum absolute atomic E-state index is 0.235. The summed E-state index contributed by atoms with van der Waals surface area (Å²) in [5.41, 5.74) is 8.42. The van der Waals surface area contributed by atoms with Crippen molar-refractivity contribution in [3.63, 3.8) is 0 Å². The van der Waals surface area contributed by atoms with Crippen molar-refractivity contribution in [1.29, 1.82) is 0 Å². The molecule has 1 saturated heterocycles. The second-order valence-electron chi connectivity index (χ2n) is 7.84. The number of aromatic nitrogens is 1. The maximum atomic E-state index is 13.2. The number of nitrogens with two attached hydrogens (primary N) is 1. The molecular weight excluding hydrogens is 419 g/mol. The number of halogens is 3. The summed E-state index contributed by atoms with van der Waals surface area (Å²) in [5, 5.41) is 1.60. The maximum absolute atomic E-state index is 13.2. The zero-order valence-electron chi connectivity index (χ0n) is 17.0. The van der Waals surface area contributed by atoms with Gasteiger partial charge >= 0.3 is 6.18 Å². The first-order valence-corrected chi connectivity index (χ1v) is 10.2. The number of anilines is 1. The Bertz CT molecular complexity index is 1340. The maximum Gasteiger partial charge on any atom is 0.416 e. The van der Waals surface area contributed by atoms with Gasteiger partial charge in [-0.2, -0.15) is 13.2 Å². The molecule has 1 aromatic heterocycles. The fourth-order valence-electron chi connectivity index (χ4n) is 4.25. The molecule has 3 N–H and O–H groups in total. The number of fused-ring (bicyclic) bond motifs is 3. The number of carbonyl (C=O) groups is 1. The summed E-state index contributed by atoms with van der Waals surface area (Å²) in [5.74, 6) is -0.649. The molecule has 164 valence electrons. The van der Waals surface area contributed by atoms with Crippen LogP contribution in [0.4, 0.5) is 18.9 Å². The average molecular weight is 439 g/mol. The molecule has 32 heavy (non-hydrogen) atoms. The van der Waals surface area contributed by atoms with Crippen LogP contribution in [0.1, 0.15) is 15.9 Å². The molecule has 0 aliphatic carbocycles. The smallest absolute Gasteiger partial charge is 0.378 e. The molecule has 5 nitrogen and oxygen atoms in total. The number of nitrogens with one attached hydrogen (secondary N) is 1. The third kappa shape index (κ3) is 3.56. The topological polar surface area (TPSA) is 71.4 Å². The summed E-state index contributed by atoms with van der Waals surface area (Å²) >= 11 is 0. The number of hydrogen-bond acceptors (Lipinski definition) is 3. The van der Waals surface area contributed by atoms with E-state index >= 15 is 0 Å². The van der Waals surface area contributed by atoms with E-state index in [9.17, 15) is 18.0 Å². The van der Waals surface area contributed by atoms with Crippen LogP contribution >= 0.6 is 0 Å². The van der Waals surface area contributed by atoms with Crippen LogP contribution in [0.2, 0.25) is 0 Å². The molecule has 0 saturated carbocycles. The van der Waals surface area contributed by atoms with Gasteiger partial charge in [0, 0.05) is 35.1 Å². The van der Waals surface area contributed by atoms with Crippen molar-refractivity contribution in [1.82, 2.24) is 4.98 Å². The Kier molecular flexibility index (Phi) is 4.82. The molecule has 0 bridgehead atoms. The van der Waals surface area contributed by atoms with E-state index in [-0.39, 0.29) is 5.56 Å². The van der Waals surface area contributed by atoms with E-state index in [4.69, 9.17) is 10.5 Å². The van der Waals surface area contributed by atoms with Crippen LogP contribution in [0.15, 0.2) is 54.6 Å². The normalized spacial score (nSPS) is 14.9. The summed E-state index contributed by atoms with van der Waals surface area (Å²) in [6, 6.07) is 14.4. The number of nitrogens with zero attached hydrogens (tertiary/aromatic N) is 1. The number of benzene rings is 3. The highest BCUT2D eigenvalue weighted by Crippen LogP contribution is 2.36. The highest BCUT2D eigenvalue weighted by molar-refractivity contribution is 6.16. The Labute approximate surface area is 181 Å². The van der Waals surface area contributed by atoms with Crippen molar-refractivity contribution < 1.29 is 22.7 Å². The van der Waals surface area contributed by atoms with Gasteiger partial charge in [0.25, 0.3) is 5.91 Å². The number of ether oxygens (including phenoxy) is 1. The zero-order chi connectivity index (χ0) is 22.5. The summed E-state index contributed by atoms with van der Waals surface area (Å²) < 4.78 is 45.0. The molecule has 5 rings (SSSR count). The van der Waals surface area contributed by atoms with E-state index in [1.54, 1.807) is 18.2 Å². The molecule has 0 spiro atoms. The molecule has 8 heteroatoms. The van der Waals surface area contributed by atoms with Crippen LogP contribution in [-0.2, 0) is 10.9 Å². The highest BCUT2D eigenvalue weighted by atomic mass is 19.4. The Morgan fingerprint density at radius 3 is 2.47 bits per heavy atom. The van der Waals surface area contributed by atoms with Crippen LogP contribution in [0.25, 0.3) is 32.9 Å². The standard InChI is InChI=1S/C24H20F3N3O2/c25-24(26,27)16-3-1-2-14(10-16)15-11-19-18-5-4-17(30-6-8-32-9-7-30)13-21(18)29-22(19)20(12-15)23(28)31/h1-5,10-13,29H,6-9H2,(H2,28,31). The monoisotopic (exact) mass is 439 g/mol. The molecule has 1 aliphatic rings. The molecule has 2 heterocycles. The van der Waals surface area contributed by atoms with Gasteiger partial charge in [-0.1, -0.05) is 18.2 Å². The molecule has 1 aliphatic heterocycles. The average Bonchev–Trinajstić information content (AvgIpc) is 3.16. The zero-order valence-corrected chi connectivity index (χ0v) is 17.0. The van der Waals surface area contributed by atoms with Gasteiger partial charge in [0.05, 0.1) is 29.9 Å². The third-order valence-electron chi connectivity index (χ3n) is 5.86. The predicted molar refractivity (Wildman–Crippen MR) is 118 cm³/mol. The van der Waals surface area contributed by atoms with Crippen molar-refractivity contribution in [2.45, 2.75) is 6.18 Å². The van der Waals surface area contributed by atoms with Crippen molar-refractivity contribution in [2.24, 2.45) is 5.73 Å². The lowest BCUT2D eigenvalue weighted by atomic mass is 9.97. The number of morpholine rings is 1. The second kappa shape index (κ2) is 7.56. The minimum Gasteiger partial charge on any atom is -0.378 e. The fourth-order valence-corrected chi connectivity index (χ4v) is 4.25. The summed E-state index contributed by atoms with van der Waals surface area (Å²) in [4.78, 5) is 17.7. The van der Waals surface area contributed by atoms with Gasteiger partial charge < -0.3 is 20.4 Å². The van der Waals surface area contributed by atoms with Crippen LogP contribution in [0.5, 0.6) is 0 Å². The van der Waals surface area contributed by atoms with E-state index in [0.29, 0.717) is 29.9 Å². The molecular formula is C24H20F3N3O2. The van der Waals surface area contributed by atoms with Gasteiger partial charge in [0.1, 0.15) is 0 Å². The first kappa shape index (κ1) is 20.4. The Morgan fingerprint density at radius 2 is 1.75 bits per heavy atom. The first-order valence-electron chi connectivity index (χ1n) is 10.2. The second-order valence-corrected chi connectivity index (χ2v) is 7.84. The van der Waals surface area contributed by atoms with Gasteiger partial charge in [-0.3, -0.25) is 4.79 Å². The number of alkyl halides is 3. The predicted octanol–water partition coefficient (Wildman–Crippen LogP) is 4.94. The molecule has 1 amide bonds. The van der Waals surface area contributed by atoms with Crippen LogP contribution < -0.4 is 10.6 Å². The SMILES string of the molecule is NC(=O)c1cc(-c2cccc(C(F)(F)F)c2)cc2c1[nH]c1cc(N3CCOCC3)ccc12. The summed E-state index contributed by atoms with van der Waals surface area (Å²) in [7, 11) is 0. The van der Waals surface area contributed by atoms with Crippen molar-refractivity contribution >= 4 is 33.4 Å². The quantitative estimate of drug-likeness (QED) is 0.475. The van der Waals surface area contributed by atoms with Crippen molar-refractivity contribution in [2.75, 3.05) is 31.2 Å². The Hall–Kier alpha value is -3.52. The minimum atomic E-state index is -4.46. The van der Waals surface area contributed by atoms with Gasteiger partial charge in [0.2, 0.25) is 0 Å². The number of carbonyl (C=O) groups excluding carboxylic acids is 1. The molecule has 1 fully saturated rings. The third-order valence-corrected chi connectivity index (χ3v) is 5.86. The van der Waals surface area contributed by atoms with Gasteiger partial charge in [-0.15, -0.1) is 0 Å². The van der Waals surface area contributed by atoms with Gasteiger partial charge in [-0.25, -0.2) is 0 Å². The lowest BCUT2D eigenvalue weighted by Crippen LogP contribution is -2.36. The number of rotatable bonds is 3. The molecule has 4 aromatic rings. The van der Waals surface area contributed by atoms with E-state index in [2.05, 4.69) is 9.88 Å². The van der Waals surface area contributed by atoms with E-state index < -0.39 is 17.6 Å². The molecule has 3 aromatic carbocycles. The Morgan fingerprint density at radius 1 is 0.969 bits per heavy atom. The highest BCUT2D eigenvalue weighted by Gasteiger charge is 2.30. The summed E-state index contributed by atoms with van der Waals surface area (Å²) in [6.45, 7) is 2.91. The number of amides is 1. The lowest BCUT2D eigenvalue weighted by molar-refractivity contribution is -0.137. The van der Waals surface area contributed by atoms with Gasteiger partial charge in [-0.05, 0) is 47.5 Å². The van der Waals surface area contributed by atoms with Crippen LogP contribution in [0.3, 0.4) is 0 Å². The molecule has 0 radical (unpaired) electrons. The lowest BCUT2D eigenvalue weighted by Gasteiger charge is -2.28. The van der Waals surface area contributed by atoms with Crippen LogP contribution in [0, 0.1) is 0 Å².